The molecule has 0 atom stereocenters. The van der Waals surface area contributed by atoms with E-state index in [1.807, 2.05) is 29.6 Å². The van der Waals surface area contributed by atoms with Gasteiger partial charge in [-0.25, -0.2) is 9.97 Å². The van der Waals surface area contributed by atoms with Gasteiger partial charge in [0, 0.05) is 29.1 Å². The summed E-state index contributed by atoms with van der Waals surface area (Å²) < 4.78 is 8.65. The molecule has 0 unspecified atom stereocenters. The minimum atomic E-state index is -0.234. The second kappa shape index (κ2) is 8.73. The van der Waals surface area contributed by atoms with Crippen LogP contribution >= 0.6 is 34.4 Å². The van der Waals surface area contributed by atoms with Crippen LogP contribution < -0.4 is 15.6 Å². The van der Waals surface area contributed by atoms with Crippen molar-refractivity contribution in [3.63, 3.8) is 0 Å². The molecule has 5 rings (SSSR count). The molecule has 0 radical (unpaired) electrons. The van der Waals surface area contributed by atoms with Crippen LogP contribution in [0.2, 0.25) is 0 Å². The number of hydrogen-bond acceptors (Lipinski definition) is 8. The number of amides is 1. The first-order valence-electron chi connectivity index (χ1n) is 9.54. The molecular weight excluding hydrogens is 464 g/mol. The van der Waals surface area contributed by atoms with E-state index in [0.29, 0.717) is 27.7 Å². The summed E-state index contributed by atoms with van der Waals surface area (Å²) in [5.74, 6) is 0.847. The van der Waals surface area contributed by atoms with Crippen LogP contribution in [0, 0.1) is 0 Å². The Morgan fingerprint density at radius 2 is 2.06 bits per heavy atom. The van der Waals surface area contributed by atoms with Crippen molar-refractivity contribution in [1.82, 2.24) is 14.4 Å². The molecule has 5 aromatic rings. The number of carbonyl (C=O) groups is 1. The van der Waals surface area contributed by atoms with Crippen LogP contribution in [0.4, 0.5) is 5.69 Å². The quantitative estimate of drug-likeness (QED) is 0.347. The maximum Gasteiger partial charge on any atom is 0.259 e. The van der Waals surface area contributed by atoms with Gasteiger partial charge in [0.25, 0.3) is 11.5 Å². The normalized spacial score (nSPS) is 11.2. The molecule has 10 heteroatoms. The average Bonchev–Trinajstić information content (AvgIpc) is 3.44. The van der Waals surface area contributed by atoms with Gasteiger partial charge in [0.15, 0.2) is 9.30 Å². The lowest BCUT2D eigenvalue weighted by Gasteiger charge is -2.09. The van der Waals surface area contributed by atoms with Crippen LogP contribution in [0.15, 0.2) is 69.2 Å². The first-order valence-corrected chi connectivity index (χ1v) is 12.2. The van der Waals surface area contributed by atoms with Gasteiger partial charge in [-0.15, -0.1) is 22.7 Å². The van der Waals surface area contributed by atoms with Gasteiger partial charge in [0.05, 0.1) is 28.6 Å². The Morgan fingerprint density at radius 1 is 1.19 bits per heavy atom. The largest absolute Gasteiger partial charge is 0.496 e. The number of rotatable bonds is 6. The van der Waals surface area contributed by atoms with E-state index in [2.05, 4.69) is 15.3 Å². The molecule has 32 heavy (non-hydrogen) atoms. The number of nitrogens with one attached hydrogen (secondary N) is 1. The van der Waals surface area contributed by atoms with Crippen molar-refractivity contribution >= 4 is 61.2 Å². The van der Waals surface area contributed by atoms with Crippen LogP contribution in [0.5, 0.6) is 5.75 Å². The van der Waals surface area contributed by atoms with Crippen molar-refractivity contribution < 1.29 is 9.53 Å². The summed E-state index contributed by atoms with van der Waals surface area (Å²) in [6.45, 7) is 0. The number of thioether (sulfide) groups is 1. The summed E-state index contributed by atoms with van der Waals surface area (Å²) in [4.78, 5) is 34.7. The van der Waals surface area contributed by atoms with Gasteiger partial charge in [-0.3, -0.25) is 14.0 Å². The summed E-state index contributed by atoms with van der Waals surface area (Å²) in [7, 11) is 1.54. The fourth-order valence-electron chi connectivity index (χ4n) is 3.17. The Kier molecular flexibility index (Phi) is 5.64. The molecule has 0 spiro atoms. The molecule has 1 N–H and O–H groups in total. The minimum absolute atomic E-state index is 0.0772. The molecule has 0 aliphatic heterocycles. The molecule has 2 aromatic carbocycles. The molecular formula is C22H16N4O3S3. The van der Waals surface area contributed by atoms with Crippen molar-refractivity contribution in [3.05, 3.63) is 81.7 Å². The summed E-state index contributed by atoms with van der Waals surface area (Å²) in [6.07, 6.45) is 1.73. The van der Waals surface area contributed by atoms with Crippen LogP contribution in [0.25, 0.3) is 15.2 Å². The van der Waals surface area contributed by atoms with Crippen LogP contribution in [0.1, 0.15) is 16.1 Å². The highest BCUT2D eigenvalue weighted by atomic mass is 32.2. The summed E-state index contributed by atoms with van der Waals surface area (Å²) in [5.41, 5.74) is 2.67. The van der Waals surface area contributed by atoms with Crippen molar-refractivity contribution in [3.8, 4) is 5.75 Å². The lowest BCUT2D eigenvalue weighted by molar-refractivity contribution is 0.102. The number of carbonyl (C=O) groups excluding carboxylic acids is 1. The second-order valence-electron chi connectivity index (χ2n) is 6.75. The number of ether oxygens (including phenoxy) is 1. The zero-order valence-corrected chi connectivity index (χ0v) is 19.2. The Bertz CT molecular complexity index is 1510. The third-order valence-corrected chi connectivity index (χ3v) is 7.63. The molecule has 0 aliphatic rings. The van der Waals surface area contributed by atoms with E-state index in [-0.39, 0.29) is 11.5 Å². The smallest absolute Gasteiger partial charge is 0.259 e. The summed E-state index contributed by atoms with van der Waals surface area (Å²) in [6, 6.07) is 14.3. The Balaban J connectivity index is 1.32. The average molecular weight is 481 g/mol. The lowest BCUT2D eigenvalue weighted by Crippen LogP contribution is -2.12. The van der Waals surface area contributed by atoms with Crippen molar-refractivity contribution in [2.24, 2.45) is 0 Å². The van der Waals surface area contributed by atoms with Gasteiger partial charge in [-0.2, -0.15) is 0 Å². The lowest BCUT2D eigenvalue weighted by atomic mass is 10.2. The van der Waals surface area contributed by atoms with E-state index >= 15 is 0 Å². The predicted octanol–water partition coefficient (Wildman–Crippen LogP) is 4.92. The first-order chi connectivity index (χ1) is 15.6. The highest BCUT2D eigenvalue weighted by Crippen LogP contribution is 2.33. The van der Waals surface area contributed by atoms with Gasteiger partial charge in [0.2, 0.25) is 0 Å². The Morgan fingerprint density at radius 3 is 2.94 bits per heavy atom. The Labute approximate surface area is 194 Å². The maximum atomic E-state index is 12.7. The van der Waals surface area contributed by atoms with Crippen molar-refractivity contribution in [2.75, 3.05) is 12.4 Å². The highest BCUT2D eigenvalue weighted by Gasteiger charge is 2.13. The zero-order chi connectivity index (χ0) is 22.1. The molecule has 0 bridgehead atoms. The number of aromatic nitrogens is 3. The molecule has 1 amide bonds. The molecule has 7 nitrogen and oxygen atoms in total. The molecule has 3 heterocycles. The third kappa shape index (κ3) is 4.12. The number of benzene rings is 2. The number of nitrogens with zero attached hydrogens (tertiary/aromatic N) is 3. The topological polar surface area (TPSA) is 85.6 Å². The van der Waals surface area contributed by atoms with E-state index in [1.165, 1.54) is 38.8 Å². The minimum Gasteiger partial charge on any atom is -0.496 e. The second-order valence-corrected chi connectivity index (χ2v) is 9.87. The number of thiazole rings is 2. The van der Waals surface area contributed by atoms with E-state index < -0.39 is 0 Å². The third-order valence-electron chi connectivity index (χ3n) is 4.68. The molecule has 0 fully saturated rings. The van der Waals surface area contributed by atoms with E-state index in [4.69, 9.17) is 4.74 Å². The molecule has 160 valence electrons. The molecule has 0 saturated carbocycles. The number of para-hydroxylation sites is 1. The van der Waals surface area contributed by atoms with Crippen LogP contribution in [0.3, 0.4) is 0 Å². The standard InChI is InChI=1S/C22H16N4O3S3/c1-29-17-5-3-2-4-15(17)20(28)23-13-6-7-16-18(10-13)32-22(25-16)31-12-14-11-19(27)26-8-9-30-21(26)24-14/h2-11H,12H2,1H3,(H,23,28). The monoisotopic (exact) mass is 480 g/mol. The van der Waals surface area contributed by atoms with Crippen LogP contribution in [-0.4, -0.2) is 27.4 Å². The van der Waals surface area contributed by atoms with Crippen molar-refractivity contribution in [1.29, 1.82) is 0 Å². The Hall–Kier alpha value is -3.21. The molecule has 0 saturated heterocycles. The summed E-state index contributed by atoms with van der Waals surface area (Å²) in [5, 5.41) is 4.77. The van der Waals surface area contributed by atoms with Gasteiger partial charge >= 0.3 is 0 Å². The zero-order valence-electron chi connectivity index (χ0n) is 16.8. The maximum absolute atomic E-state index is 12.7. The predicted molar refractivity (Wildman–Crippen MR) is 129 cm³/mol. The highest BCUT2D eigenvalue weighted by molar-refractivity contribution is 8.00. The summed E-state index contributed by atoms with van der Waals surface area (Å²) >= 11 is 4.51. The first kappa shape index (κ1) is 20.7. The fraction of sp³-hybridized carbons (Fsp3) is 0.0909. The van der Waals surface area contributed by atoms with Crippen LogP contribution in [-0.2, 0) is 5.75 Å². The van der Waals surface area contributed by atoms with E-state index in [9.17, 15) is 9.59 Å². The van der Waals surface area contributed by atoms with Crippen molar-refractivity contribution in [2.45, 2.75) is 10.1 Å². The fourth-order valence-corrected chi connectivity index (χ4v) is 5.91. The molecule has 0 aliphatic carbocycles. The van der Waals surface area contributed by atoms with Gasteiger partial charge in [-0.05, 0) is 30.3 Å². The number of hydrogen-bond donors (Lipinski definition) is 1. The van der Waals surface area contributed by atoms with E-state index in [1.54, 1.807) is 37.6 Å². The van der Waals surface area contributed by atoms with Gasteiger partial charge in [0.1, 0.15) is 5.75 Å². The molecule has 3 aromatic heterocycles. The van der Waals surface area contributed by atoms with Gasteiger partial charge < -0.3 is 10.1 Å². The van der Waals surface area contributed by atoms with Gasteiger partial charge in [-0.1, -0.05) is 23.9 Å². The van der Waals surface area contributed by atoms with E-state index in [0.717, 1.165) is 20.3 Å². The SMILES string of the molecule is COc1ccccc1C(=O)Nc1ccc2nc(SCc3cc(=O)n4ccsc4n3)sc2c1. The number of fused-ring (bicyclic) bond motifs is 2. The number of methoxy groups -OCH3 is 1. The number of anilines is 1.